The van der Waals surface area contributed by atoms with E-state index in [2.05, 4.69) is 5.10 Å². The average molecular weight is 341 g/mol. The Morgan fingerprint density at radius 1 is 1.24 bits per heavy atom. The van der Waals surface area contributed by atoms with Gasteiger partial charge < -0.3 is 14.4 Å². The number of likely N-dealkylation sites (tertiary alicyclic amines) is 1. The first-order chi connectivity index (χ1) is 12.2. The average Bonchev–Trinajstić information content (AvgIpc) is 3.32. The van der Waals surface area contributed by atoms with Crippen LogP contribution in [-0.4, -0.2) is 53.0 Å². The second kappa shape index (κ2) is 6.52. The van der Waals surface area contributed by atoms with Gasteiger partial charge in [0.05, 0.1) is 24.5 Å². The lowest BCUT2D eigenvalue weighted by Gasteiger charge is -2.38. The lowest BCUT2D eigenvalue weighted by Crippen LogP contribution is -2.46. The third-order valence-corrected chi connectivity index (χ3v) is 5.31. The van der Waals surface area contributed by atoms with Crippen molar-refractivity contribution in [1.82, 2.24) is 14.7 Å². The molecule has 4 rings (SSSR count). The van der Waals surface area contributed by atoms with E-state index in [-0.39, 0.29) is 11.5 Å². The van der Waals surface area contributed by atoms with Gasteiger partial charge in [0.25, 0.3) is 5.91 Å². The molecular weight excluding hydrogens is 318 g/mol. The first kappa shape index (κ1) is 16.1. The van der Waals surface area contributed by atoms with Crippen LogP contribution in [0.15, 0.2) is 36.7 Å². The first-order valence-corrected chi connectivity index (χ1v) is 8.82. The van der Waals surface area contributed by atoms with Crippen LogP contribution in [-0.2, 0) is 4.74 Å². The number of hydrogen-bond donors (Lipinski definition) is 0. The van der Waals surface area contributed by atoms with Gasteiger partial charge in [0, 0.05) is 25.9 Å². The fourth-order valence-corrected chi connectivity index (χ4v) is 3.83. The van der Waals surface area contributed by atoms with Crippen molar-refractivity contribution in [2.24, 2.45) is 0 Å². The molecule has 1 amide bonds. The number of amides is 1. The highest BCUT2D eigenvalue weighted by atomic mass is 16.5. The fraction of sp³-hybridized carbons (Fsp3) is 0.474. The number of nitrogens with zero attached hydrogens (tertiary/aromatic N) is 3. The van der Waals surface area contributed by atoms with Gasteiger partial charge in [-0.3, -0.25) is 4.79 Å². The van der Waals surface area contributed by atoms with E-state index in [9.17, 15) is 4.79 Å². The van der Waals surface area contributed by atoms with Crippen molar-refractivity contribution in [3.8, 4) is 11.4 Å². The minimum Gasteiger partial charge on any atom is -0.494 e. The van der Waals surface area contributed by atoms with Crippen LogP contribution < -0.4 is 4.74 Å². The zero-order chi connectivity index (χ0) is 17.3. The monoisotopic (exact) mass is 341 g/mol. The topological polar surface area (TPSA) is 56.6 Å². The highest BCUT2D eigenvalue weighted by Crippen LogP contribution is 2.36. The van der Waals surface area contributed by atoms with Gasteiger partial charge >= 0.3 is 0 Å². The molecule has 1 spiro atoms. The van der Waals surface area contributed by atoms with Gasteiger partial charge in [0.1, 0.15) is 11.4 Å². The quantitative estimate of drug-likeness (QED) is 0.861. The summed E-state index contributed by atoms with van der Waals surface area (Å²) in [5.41, 5.74) is 1.45. The smallest absolute Gasteiger partial charge is 0.257 e. The Labute approximate surface area is 147 Å². The number of carbonyl (C=O) groups is 1. The number of methoxy groups -OCH3 is 1. The second-order valence-electron chi connectivity index (χ2n) is 6.77. The molecule has 2 aromatic rings. The summed E-state index contributed by atoms with van der Waals surface area (Å²) in [6.07, 6.45) is 7.53. The van der Waals surface area contributed by atoms with Crippen molar-refractivity contribution in [2.75, 3.05) is 26.8 Å². The zero-order valence-corrected chi connectivity index (χ0v) is 14.5. The van der Waals surface area contributed by atoms with Crippen molar-refractivity contribution in [3.05, 3.63) is 42.2 Å². The summed E-state index contributed by atoms with van der Waals surface area (Å²) in [4.78, 5) is 14.7. The maximum absolute atomic E-state index is 12.8. The van der Waals surface area contributed by atoms with Crippen LogP contribution in [0.1, 0.15) is 36.0 Å². The molecule has 2 aliphatic heterocycles. The second-order valence-corrected chi connectivity index (χ2v) is 6.77. The lowest BCUT2D eigenvalue weighted by atomic mass is 9.88. The van der Waals surface area contributed by atoms with E-state index in [1.165, 1.54) is 0 Å². The summed E-state index contributed by atoms with van der Waals surface area (Å²) >= 11 is 0. The van der Waals surface area contributed by atoms with E-state index in [0.717, 1.165) is 56.8 Å². The molecule has 1 aromatic carbocycles. The molecule has 0 bridgehead atoms. The predicted molar refractivity (Wildman–Crippen MR) is 93.2 cm³/mol. The van der Waals surface area contributed by atoms with E-state index in [4.69, 9.17) is 9.47 Å². The molecule has 25 heavy (non-hydrogen) atoms. The number of rotatable bonds is 3. The Hall–Kier alpha value is -2.34. The summed E-state index contributed by atoms with van der Waals surface area (Å²) in [6.45, 7) is 2.36. The van der Waals surface area contributed by atoms with Crippen LogP contribution >= 0.6 is 0 Å². The Morgan fingerprint density at radius 2 is 2.04 bits per heavy atom. The van der Waals surface area contributed by atoms with E-state index in [1.54, 1.807) is 24.2 Å². The number of aromatic nitrogens is 2. The molecule has 2 fully saturated rings. The van der Waals surface area contributed by atoms with Crippen molar-refractivity contribution in [1.29, 1.82) is 0 Å². The van der Waals surface area contributed by atoms with E-state index in [1.807, 2.05) is 29.2 Å². The molecule has 3 heterocycles. The molecular formula is C19H23N3O3. The van der Waals surface area contributed by atoms with Gasteiger partial charge in [-0.1, -0.05) is 12.1 Å². The van der Waals surface area contributed by atoms with Crippen LogP contribution in [0.4, 0.5) is 0 Å². The molecule has 1 aromatic heterocycles. The van der Waals surface area contributed by atoms with E-state index < -0.39 is 0 Å². The molecule has 0 atom stereocenters. The van der Waals surface area contributed by atoms with Crippen LogP contribution in [0.3, 0.4) is 0 Å². The molecule has 2 aliphatic rings. The molecule has 0 unspecified atom stereocenters. The SMILES string of the molecule is COc1ccccc1-n1cc(C(=O)N2CCC3(CCCO3)CC2)cn1. The number of ether oxygens (including phenoxy) is 2. The predicted octanol–water partition coefficient (Wildman–Crippen LogP) is 2.67. The van der Waals surface area contributed by atoms with Gasteiger partial charge in [-0.2, -0.15) is 5.10 Å². The summed E-state index contributed by atoms with van der Waals surface area (Å²) in [6, 6.07) is 7.63. The van der Waals surface area contributed by atoms with Gasteiger partial charge in [0.2, 0.25) is 0 Å². The molecule has 0 N–H and O–H groups in total. The van der Waals surface area contributed by atoms with Crippen LogP contribution in [0.5, 0.6) is 5.75 Å². The van der Waals surface area contributed by atoms with E-state index in [0.29, 0.717) is 5.56 Å². The molecule has 0 aliphatic carbocycles. The lowest BCUT2D eigenvalue weighted by molar-refractivity contribution is -0.0387. The van der Waals surface area contributed by atoms with Crippen LogP contribution in [0.25, 0.3) is 5.69 Å². The Balaban J connectivity index is 1.48. The minimum atomic E-state index is 0.0262. The van der Waals surface area contributed by atoms with Crippen molar-refractivity contribution < 1.29 is 14.3 Å². The van der Waals surface area contributed by atoms with Crippen LogP contribution in [0.2, 0.25) is 0 Å². The molecule has 6 nitrogen and oxygen atoms in total. The van der Waals surface area contributed by atoms with Gasteiger partial charge in [-0.05, 0) is 37.8 Å². The normalized spacial score (nSPS) is 19.3. The maximum Gasteiger partial charge on any atom is 0.257 e. The molecule has 2 saturated heterocycles. The van der Waals surface area contributed by atoms with Crippen LogP contribution in [0, 0.1) is 0 Å². The van der Waals surface area contributed by atoms with Crippen molar-refractivity contribution >= 4 is 5.91 Å². The molecule has 132 valence electrons. The van der Waals surface area contributed by atoms with Crippen molar-refractivity contribution in [3.63, 3.8) is 0 Å². The van der Waals surface area contributed by atoms with E-state index >= 15 is 0 Å². The number of hydrogen-bond acceptors (Lipinski definition) is 4. The molecule has 0 radical (unpaired) electrons. The largest absolute Gasteiger partial charge is 0.494 e. The maximum atomic E-state index is 12.8. The Kier molecular flexibility index (Phi) is 4.21. The Morgan fingerprint density at radius 3 is 2.76 bits per heavy atom. The standard InChI is InChI=1S/C19H23N3O3/c1-24-17-6-3-2-5-16(17)22-14-15(13-20-22)18(23)21-10-8-19(9-11-21)7-4-12-25-19/h2-3,5-6,13-14H,4,7-12H2,1H3. The number of para-hydroxylation sites is 2. The molecule has 0 saturated carbocycles. The zero-order valence-electron chi connectivity index (χ0n) is 14.5. The summed E-state index contributed by atoms with van der Waals surface area (Å²) in [5, 5.41) is 4.35. The summed E-state index contributed by atoms with van der Waals surface area (Å²) in [5.74, 6) is 0.761. The Bertz CT molecular complexity index is 755. The van der Waals surface area contributed by atoms with Gasteiger partial charge in [0.15, 0.2) is 0 Å². The van der Waals surface area contributed by atoms with Crippen molar-refractivity contribution in [2.45, 2.75) is 31.3 Å². The third-order valence-electron chi connectivity index (χ3n) is 5.31. The summed E-state index contributed by atoms with van der Waals surface area (Å²) < 4.78 is 13.0. The van der Waals surface area contributed by atoms with Gasteiger partial charge in [-0.25, -0.2) is 4.68 Å². The fourth-order valence-electron chi connectivity index (χ4n) is 3.83. The third kappa shape index (κ3) is 3.02. The highest BCUT2D eigenvalue weighted by Gasteiger charge is 2.39. The highest BCUT2D eigenvalue weighted by molar-refractivity contribution is 5.94. The van der Waals surface area contributed by atoms with Gasteiger partial charge in [-0.15, -0.1) is 0 Å². The first-order valence-electron chi connectivity index (χ1n) is 8.82. The summed E-state index contributed by atoms with van der Waals surface area (Å²) in [7, 11) is 1.63. The minimum absolute atomic E-state index is 0.0262. The number of carbonyl (C=O) groups excluding carboxylic acids is 1. The number of benzene rings is 1. The molecule has 6 heteroatoms. The number of piperidine rings is 1.